The minimum Gasteiger partial charge on any atom is -0.497 e. The van der Waals surface area contributed by atoms with E-state index in [9.17, 15) is 9.59 Å². The monoisotopic (exact) mass is 354 g/mol. The lowest BCUT2D eigenvalue weighted by Crippen LogP contribution is -2.39. The minimum absolute atomic E-state index is 0.0413. The number of rotatable bonds is 6. The number of nitrogens with one attached hydrogen (secondary N) is 1. The fraction of sp³-hybridized carbons (Fsp3) is 0.429. The van der Waals surface area contributed by atoms with Crippen molar-refractivity contribution in [3.8, 4) is 5.75 Å². The first-order chi connectivity index (χ1) is 12.6. The van der Waals surface area contributed by atoms with Gasteiger partial charge in [-0.05, 0) is 43.5 Å². The van der Waals surface area contributed by atoms with Crippen LogP contribution in [-0.2, 0) is 12.0 Å². The molecule has 26 heavy (non-hydrogen) atoms. The molecule has 1 aliphatic rings. The zero-order valence-corrected chi connectivity index (χ0v) is 15.5. The average Bonchev–Trinajstić information content (AvgIpc) is 3.16. The molecule has 138 valence electrons. The van der Waals surface area contributed by atoms with E-state index < -0.39 is 0 Å². The van der Waals surface area contributed by atoms with E-state index in [2.05, 4.69) is 17.4 Å². The number of pyridine rings is 1. The van der Waals surface area contributed by atoms with Gasteiger partial charge in [-0.15, -0.1) is 0 Å². The van der Waals surface area contributed by atoms with Crippen molar-refractivity contribution in [3.05, 3.63) is 64.1 Å². The lowest BCUT2D eigenvalue weighted by Gasteiger charge is -2.30. The number of carbonyl (C=O) groups excluding carboxylic acids is 1. The first kappa shape index (κ1) is 18.2. The van der Waals surface area contributed by atoms with Crippen LogP contribution in [0.3, 0.4) is 0 Å². The summed E-state index contributed by atoms with van der Waals surface area (Å²) in [5.74, 6) is 0.646. The molecule has 1 aromatic heterocycles. The number of amides is 1. The predicted octanol–water partition coefficient (Wildman–Crippen LogP) is 3.12. The van der Waals surface area contributed by atoms with Gasteiger partial charge in [0, 0.05) is 36.3 Å². The maximum absolute atomic E-state index is 12.5. The number of benzene rings is 1. The standard InChI is InChI=1S/C21H26N2O3/c1-3-23-13-10-16(14-19(23)24)20(25)22-15-21(11-4-5-12-21)17-6-8-18(26-2)9-7-17/h6-10,13-14H,3-5,11-12,15H2,1-2H3,(H,22,25). The molecule has 0 atom stereocenters. The van der Waals surface area contributed by atoms with Gasteiger partial charge in [-0.1, -0.05) is 25.0 Å². The third-order valence-corrected chi connectivity index (χ3v) is 5.45. The summed E-state index contributed by atoms with van der Waals surface area (Å²) < 4.78 is 6.83. The smallest absolute Gasteiger partial charge is 0.251 e. The summed E-state index contributed by atoms with van der Waals surface area (Å²) in [6.07, 6.45) is 6.10. The lowest BCUT2D eigenvalue weighted by molar-refractivity contribution is 0.0942. The molecule has 2 aromatic rings. The largest absolute Gasteiger partial charge is 0.497 e. The number of aryl methyl sites for hydroxylation is 1. The molecule has 1 saturated carbocycles. The Bertz CT molecular complexity index is 818. The fourth-order valence-corrected chi connectivity index (χ4v) is 3.83. The molecule has 1 N–H and O–H groups in total. The minimum atomic E-state index is -0.190. The highest BCUT2D eigenvalue weighted by Crippen LogP contribution is 2.41. The third kappa shape index (κ3) is 3.66. The summed E-state index contributed by atoms with van der Waals surface area (Å²) in [6.45, 7) is 3.08. The van der Waals surface area contributed by atoms with Gasteiger partial charge in [-0.3, -0.25) is 9.59 Å². The Kier molecular flexibility index (Phi) is 5.45. The molecule has 1 aliphatic carbocycles. The number of hydrogen-bond donors (Lipinski definition) is 1. The van der Waals surface area contributed by atoms with Crippen LogP contribution in [0.1, 0.15) is 48.5 Å². The van der Waals surface area contributed by atoms with Crippen LogP contribution >= 0.6 is 0 Å². The fourth-order valence-electron chi connectivity index (χ4n) is 3.83. The third-order valence-electron chi connectivity index (χ3n) is 5.45. The van der Waals surface area contributed by atoms with E-state index in [4.69, 9.17) is 4.74 Å². The van der Waals surface area contributed by atoms with Gasteiger partial charge in [-0.25, -0.2) is 0 Å². The summed E-state index contributed by atoms with van der Waals surface area (Å²) >= 11 is 0. The topological polar surface area (TPSA) is 60.3 Å². The predicted molar refractivity (Wildman–Crippen MR) is 102 cm³/mol. The molecule has 0 saturated heterocycles. The summed E-state index contributed by atoms with van der Waals surface area (Å²) in [5, 5.41) is 3.06. The molecule has 1 fully saturated rings. The number of hydrogen-bond acceptors (Lipinski definition) is 3. The van der Waals surface area contributed by atoms with E-state index >= 15 is 0 Å². The highest BCUT2D eigenvalue weighted by atomic mass is 16.5. The lowest BCUT2D eigenvalue weighted by atomic mass is 9.78. The van der Waals surface area contributed by atoms with Crippen molar-refractivity contribution in [2.75, 3.05) is 13.7 Å². The van der Waals surface area contributed by atoms with Crippen LogP contribution in [0, 0.1) is 0 Å². The van der Waals surface area contributed by atoms with E-state index in [1.807, 2.05) is 19.1 Å². The van der Waals surface area contributed by atoms with Crippen LogP contribution in [0.2, 0.25) is 0 Å². The van der Waals surface area contributed by atoms with E-state index in [1.54, 1.807) is 23.9 Å². The molecule has 1 heterocycles. The summed E-state index contributed by atoms with van der Waals surface area (Å²) in [7, 11) is 1.66. The van der Waals surface area contributed by atoms with Crippen LogP contribution in [0.4, 0.5) is 0 Å². The normalized spacial score (nSPS) is 15.6. The molecular weight excluding hydrogens is 328 g/mol. The van der Waals surface area contributed by atoms with Gasteiger partial charge in [0.2, 0.25) is 0 Å². The summed E-state index contributed by atoms with van der Waals surface area (Å²) in [4.78, 5) is 24.5. The summed E-state index contributed by atoms with van der Waals surface area (Å²) in [5.41, 5.74) is 1.46. The molecule has 5 nitrogen and oxygen atoms in total. The van der Waals surface area contributed by atoms with Gasteiger partial charge >= 0.3 is 0 Å². The zero-order valence-electron chi connectivity index (χ0n) is 15.5. The second-order valence-corrected chi connectivity index (χ2v) is 6.94. The number of aromatic nitrogens is 1. The highest BCUT2D eigenvalue weighted by molar-refractivity contribution is 5.94. The maximum atomic E-state index is 12.5. The van der Waals surface area contributed by atoms with Gasteiger partial charge < -0.3 is 14.6 Å². The van der Waals surface area contributed by atoms with Crippen molar-refractivity contribution in [1.82, 2.24) is 9.88 Å². The Labute approximate surface area is 154 Å². The Morgan fingerprint density at radius 3 is 2.46 bits per heavy atom. The van der Waals surface area contributed by atoms with Crippen LogP contribution < -0.4 is 15.6 Å². The van der Waals surface area contributed by atoms with Gasteiger partial charge in [0.1, 0.15) is 5.75 Å². The molecule has 0 aliphatic heterocycles. The second kappa shape index (κ2) is 7.77. The molecule has 0 bridgehead atoms. The molecule has 0 unspecified atom stereocenters. The van der Waals surface area contributed by atoms with Gasteiger partial charge in [0.25, 0.3) is 11.5 Å². The van der Waals surface area contributed by atoms with E-state index in [1.165, 1.54) is 11.6 Å². The number of methoxy groups -OCH3 is 1. The quantitative estimate of drug-likeness (QED) is 0.867. The van der Waals surface area contributed by atoms with E-state index in [0.29, 0.717) is 18.7 Å². The van der Waals surface area contributed by atoms with Crippen molar-refractivity contribution < 1.29 is 9.53 Å². The number of carbonyl (C=O) groups is 1. The van der Waals surface area contributed by atoms with Crippen molar-refractivity contribution >= 4 is 5.91 Å². The van der Waals surface area contributed by atoms with Crippen LogP contribution in [-0.4, -0.2) is 24.1 Å². The highest BCUT2D eigenvalue weighted by Gasteiger charge is 2.36. The zero-order chi connectivity index (χ0) is 18.6. The molecule has 1 amide bonds. The first-order valence-corrected chi connectivity index (χ1v) is 9.21. The van der Waals surface area contributed by atoms with Crippen molar-refractivity contribution in [2.24, 2.45) is 0 Å². The Balaban J connectivity index is 1.75. The Morgan fingerprint density at radius 1 is 1.19 bits per heavy atom. The molecule has 5 heteroatoms. The van der Waals surface area contributed by atoms with E-state index in [0.717, 1.165) is 31.4 Å². The Morgan fingerprint density at radius 2 is 1.88 bits per heavy atom. The molecule has 1 aromatic carbocycles. The number of nitrogens with zero attached hydrogens (tertiary/aromatic N) is 1. The number of ether oxygens (including phenoxy) is 1. The SMILES string of the molecule is CCn1ccc(C(=O)NCC2(c3ccc(OC)cc3)CCCC2)cc1=O. The van der Waals surface area contributed by atoms with Gasteiger partial charge in [-0.2, -0.15) is 0 Å². The maximum Gasteiger partial charge on any atom is 0.251 e. The van der Waals surface area contributed by atoms with Gasteiger partial charge in [0.15, 0.2) is 0 Å². The van der Waals surface area contributed by atoms with Crippen LogP contribution in [0.25, 0.3) is 0 Å². The average molecular weight is 354 g/mol. The van der Waals surface area contributed by atoms with Gasteiger partial charge in [0.05, 0.1) is 7.11 Å². The van der Waals surface area contributed by atoms with Crippen molar-refractivity contribution in [1.29, 1.82) is 0 Å². The summed E-state index contributed by atoms with van der Waals surface area (Å²) in [6, 6.07) is 11.3. The first-order valence-electron chi connectivity index (χ1n) is 9.21. The van der Waals surface area contributed by atoms with Crippen molar-refractivity contribution in [3.63, 3.8) is 0 Å². The molecule has 0 spiro atoms. The molecular formula is C21H26N2O3. The molecule has 0 radical (unpaired) electrons. The Hall–Kier alpha value is -2.56. The van der Waals surface area contributed by atoms with Crippen molar-refractivity contribution in [2.45, 2.75) is 44.6 Å². The van der Waals surface area contributed by atoms with E-state index in [-0.39, 0.29) is 16.9 Å². The van der Waals surface area contributed by atoms with Crippen LogP contribution in [0.5, 0.6) is 5.75 Å². The van der Waals surface area contributed by atoms with Crippen LogP contribution in [0.15, 0.2) is 47.4 Å². The second-order valence-electron chi connectivity index (χ2n) is 6.94. The molecule has 3 rings (SSSR count).